The number of benzene rings is 4. The second-order valence-corrected chi connectivity index (χ2v) is 8.08. The number of hydrogen-bond donors (Lipinski definition) is 2. The zero-order valence-electron chi connectivity index (χ0n) is 15.5. The lowest BCUT2D eigenvalue weighted by molar-refractivity contribution is -0.432. The second-order valence-electron chi connectivity index (χ2n) is 7.34. The van der Waals surface area contributed by atoms with Crippen molar-refractivity contribution in [2.45, 2.75) is 30.2 Å². The summed E-state index contributed by atoms with van der Waals surface area (Å²) in [4.78, 5) is 14.7. The molecule has 4 aromatic carbocycles. The Morgan fingerprint density at radius 1 is 0.966 bits per heavy atom. The van der Waals surface area contributed by atoms with Gasteiger partial charge in [0.1, 0.15) is 6.04 Å². The summed E-state index contributed by atoms with van der Waals surface area (Å²) in [6.45, 7) is 0.740. The number of carbonyl (C=O) groups is 1. The summed E-state index contributed by atoms with van der Waals surface area (Å²) in [5, 5.41) is 28.5. The maximum Gasteiger partial charge on any atom is 0.326 e. The van der Waals surface area contributed by atoms with E-state index in [4.69, 9.17) is 5.26 Å². The van der Waals surface area contributed by atoms with Gasteiger partial charge in [0, 0.05) is 22.5 Å². The molecule has 1 atom stereocenters. The molecule has 0 spiro atoms. The fraction of sp³-hybridized carbons (Fsp3) is 0.227. The van der Waals surface area contributed by atoms with Gasteiger partial charge in [-0.25, -0.2) is 10.1 Å². The number of anilines is 1. The lowest BCUT2D eigenvalue weighted by Gasteiger charge is -2.36. The topological polar surface area (TPSA) is 79.2 Å². The molecule has 2 N–H and O–H groups in total. The van der Waals surface area contributed by atoms with Crippen LogP contribution in [0.4, 0.5) is 5.69 Å². The van der Waals surface area contributed by atoms with E-state index in [0.717, 1.165) is 74.3 Å². The Bertz CT molecular complexity index is 1210. The quantitative estimate of drug-likeness (QED) is 0.196. The van der Waals surface area contributed by atoms with Crippen LogP contribution in [0.5, 0.6) is 0 Å². The molecule has 0 bridgehead atoms. The van der Waals surface area contributed by atoms with Crippen LogP contribution in [-0.4, -0.2) is 28.9 Å². The lowest BCUT2D eigenvalue weighted by atomic mass is 9.92. The van der Waals surface area contributed by atoms with Gasteiger partial charge in [-0.2, -0.15) is 0 Å². The Morgan fingerprint density at radius 3 is 2.41 bits per heavy atom. The van der Waals surface area contributed by atoms with Gasteiger partial charge in [-0.1, -0.05) is 41.4 Å². The molecule has 0 aliphatic carbocycles. The van der Waals surface area contributed by atoms with Crippen molar-refractivity contribution in [2.75, 3.05) is 11.4 Å². The summed E-state index contributed by atoms with van der Waals surface area (Å²) in [5.74, 6) is -0.768. The van der Waals surface area contributed by atoms with Gasteiger partial charge in [-0.05, 0) is 58.3 Å². The van der Waals surface area contributed by atoms with E-state index >= 15 is 0 Å². The van der Waals surface area contributed by atoms with Crippen LogP contribution in [-0.2, 0) is 14.2 Å². The Labute approximate surface area is 171 Å². The Kier molecular flexibility index (Phi) is 4.67. The first kappa shape index (κ1) is 18.4. The van der Waals surface area contributed by atoms with Gasteiger partial charge in [0.2, 0.25) is 0 Å². The molecule has 0 aromatic heterocycles. The van der Waals surface area contributed by atoms with Crippen molar-refractivity contribution < 1.29 is 24.5 Å². The second kappa shape index (κ2) is 7.35. The van der Waals surface area contributed by atoms with Crippen molar-refractivity contribution in [1.29, 1.82) is 0 Å². The highest BCUT2D eigenvalue weighted by Crippen LogP contribution is 2.42. The van der Waals surface area contributed by atoms with Crippen molar-refractivity contribution in [2.24, 2.45) is 0 Å². The minimum absolute atomic E-state index is 0.497. The number of carboxylic acid groups (broad SMARTS) is 1. The summed E-state index contributed by atoms with van der Waals surface area (Å²) in [5.41, 5.74) is 0.965. The number of aliphatic carboxylic acids is 1. The van der Waals surface area contributed by atoms with E-state index in [0.29, 0.717) is 6.42 Å². The molecule has 6 nitrogen and oxygen atoms in total. The van der Waals surface area contributed by atoms with Crippen molar-refractivity contribution in [1.82, 2.24) is 0 Å². The van der Waals surface area contributed by atoms with Crippen LogP contribution in [0.1, 0.15) is 19.3 Å². The summed E-state index contributed by atoms with van der Waals surface area (Å²) < 4.78 is 4.67. The molecular formula is C22H19NO5S. The van der Waals surface area contributed by atoms with E-state index in [-0.39, 0.29) is 0 Å². The van der Waals surface area contributed by atoms with Crippen molar-refractivity contribution in [3.05, 3.63) is 48.5 Å². The molecule has 1 aliphatic rings. The monoisotopic (exact) mass is 409 g/mol. The number of rotatable bonds is 5. The van der Waals surface area contributed by atoms with E-state index in [1.165, 1.54) is 0 Å². The number of nitrogens with zero attached hydrogens (tertiary/aromatic N) is 1. The molecule has 1 unspecified atom stereocenters. The normalized spacial score (nSPS) is 17.6. The molecule has 148 valence electrons. The van der Waals surface area contributed by atoms with E-state index in [1.54, 1.807) is 0 Å². The molecule has 1 aliphatic heterocycles. The van der Waals surface area contributed by atoms with Crippen LogP contribution in [0.2, 0.25) is 0 Å². The highest BCUT2D eigenvalue weighted by Gasteiger charge is 2.30. The van der Waals surface area contributed by atoms with Crippen molar-refractivity contribution >= 4 is 56.0 Å². The largest absolute Gasteiger partial charge is 0.480 e. The van der Waals surface area contributed by atoms with E-state index in [2.05, 4.69) is 33.6 Å². The molecule has 4 aromatic rings. The summed E-state index contributed by atoms with van der Waals surface area (Å²) >= 11 is 0.949. The predicted molar refractivity (Wildman–Crippen MR) is 113 cm³/mol. The summed E-state index contributed by atoms with van der Waals surface area (Å²) in [7, 11) is 0. The van der Waals surface area contributed by atoms with E-state index in [9.17, 15) is 9.90 Å². The molecule has 0 amide bonds. The lowest BCUT2D eigenvalue weighted by Crippen LogP contribution is -2.44. The van der Waals surface area contributed by atoms with Gasteiger partial charge < -0.3 is 10.0 Å². The van der Waals surface area contributed by atoms with Crippen LogP contribution < -0.4 is 4.90 Å². The highest BCUT2D eigenvalue weighted by molar-refractivity contribution is 7.94. The number of hydrogen-bond acceptors (Lipinski definition) is 6. The molecular weight excluding hydrogens is 390 g/mol. The fourth-order valence-corrected chi connectivity index (χ4v) is 5.10. The highest BCUT2D eigenvalue weighted by atomic mass is 32.2. The van der Waals surface area contributed by atoms with Gasteiger partial charge >= 0.3 is 5.97 Å². The van der Waals surface area contributed by atoms with Crippen LogP contribution >= 0.6 is 12.0 Å². The van der Waals surface area contributed by atoms with Gasteiger partial charge in [-0.15, -0.1) is 4.33 Å². The molecule has 5 rings (SSSR count). The third-order valence-electron chi connectivity index (χ3n) is 5.85. The summed E-state index contributed by atoms with van der Waals surface area (Å²) in [6, 6.07) is 15.8. The van der Waals surface area contributed by atoms with E-state index in [1.807, 2.05) is 29.2 Å². The average Bonchev–Trinajstić information content (AvgIpc) is 2.76. The van der Waals surface area contributed by atoms with Crippen molar-refractivity contribution in [3.63, 3.8) is 0 Å². The maximum atomic E-state index is 11.9. The molecule has 29 heavy (non-hydrogen) atoms. The standard InChI is InChI=1S/C22H19NO5S/c24-22(25)18-3-1-2-12-23(18)17-10-6-13-5-9-16-19(29-28-27-26)11-7-14-4-8-15(17)20(13)21(14)16/h4-11,18,26H,1-3,12H2,(H,24,25). The van der Waals surface area contributed by atoms with Crippen LogP contribution in [0.3, 0.4) is 0 Å². The molecule has 1 saturated heterocycles. The van der Waals surface area contributed by atoms with Gasteiger partial charge in [0.25, 0.3) is 0 Å². The third kappa shape index (κ3) is 2.98. The van der Waals surface area contributed by atoms with Gasteiger partial charge in [0.05, 0.1) is 12.0 Å². The van der Waals surface area contributed by atoms with Crippen molar-refractivity contribution in [3.8, 4) is 0 Å². The molecule has 7 heteroatoms. The van der Waals surface area contributed by atoms with Crippen LogP contribution in [0.15, 0.2) is 53.4 Å². The first-order chi connectivity index (χ1) is 14.2. The smallest absolute Gasteiger partial charge is 0.326 e. The van der Waals surface area contributed by atoms with Crippen LogP contribution in [0.25, 0.3) is 32.3 Å². The van der Waals surface area contributed by atoms with Crippen LogP contribution in [0, 0.1) is 0 Å². The Morgan fingerprint density at radius 2 is 1.66 bits per heavy atom. The first-order valence-electron chi connectivity index (χ1n) is 9.54. The Hall–Kier alpha value is -2.58. The van der Waals surface area contributed by atoms with E-state index < -0.39 is 12.0 Å². The number of piperidine rings is 1. The molecule has 0 radical (unpaired) electrons. The average molecular weight is 409 g/mol. The molecule has 1 heterocycles. The Balaban J connectivity index is 1.77. The minimum atomic E-state index is -0.768. The van der Waals surface area contributed by atoms with Gasteiger partial charge in [0.15, 0.2) is 0 Å². The molecule has 1 fully saturated rings. The predicted octanol–water partition coefficient (Wildman–Crippen LogP) is 5.46. The number of carboxylic acids is 1. The zero-order valence-corrected chi connectivity index (χ0v) is 16.3. The third-order valence-corrected chi connectivity index (χ3v) is 6.52. The molecule has 0 saturated carbocycles. The van der Waals surface area contributed by atoms with Gasteiger partial charge in [-0.3, -0.25) is 0 Å². The zero-order chi connectivity index (χ0) is 20.0. The first-order valence-corrected chi connectivity index (χ1v) is 10.3. The minimum Gasteiger partial charge on any atom is -0.480 e. The maximum absolute atomic E-state index is 11.9. The fourth-order valence-electron chi connectivity index (χ4n) is 4.61. The summed E-state index contributed by atoms with van der Waals surface area (Å²) in [6.07, 6.45) is 2.59. The SMILES string of the molecule is O=C(O)C1CCCCN1c1ccc2ccc3c(SOOO)ccc4ccc1c2c43.